The van der Waals surface area contributed by atoms with Crippen LogP contribution in [0.1, 0.15) is 0 Å². The van der Waals surface area contributed by atoms with E-state index in [4.69, 9.17) is 0 Å². The number of carbonyl (C=O) groups is 2. The topological polar surface area (TPSA) is 43.4 Å². The van der Waals surface area contributed by atoms with Crippen molar-refractivity contribution in [3.63, 3.8) is 0 Å². The molecule has 0 N–H and O–H groups in total. The average Bonchev–Trinajstić information content (AvgIpc) is 1.68. The Kier molecular flexibility index (Phi) is 3.14. The van der Waals surface area contributed by atoms with E-state index in [1.165, 1.54) is 7.11 Å². The predicted molar refractivity (Wildman–Crippen MR) is 22.9 cm³/mol. The van der Waals surface area contributed by atoms with Crippen LogP contribution < -0.4 is 0 Å². The van der Waals surface area contributed by atoms with Crippen molar-refractivity contribution in [1.82, 2.24) is 0 Å². The third kappa shape index (κ3) is 3.12. The molecule has 0 atom stereocenters. The molecule has 0 saturated carbocycles. The molecule has 0 saturated heterocycles. The van der Waals surface area contributed by atoms with Gasteiger partial charge >= 0.3 is 0 Å². The lowest BCUT2D eigenvalue weighted by Crippen LogP contribution is -2.06. The number of rotatable bonds is 3. The maximum atomic E-state index is 9.92. The molecule has 0 spiro atoms. The van der Waals surface area contributed by atoms with E-state index in [-0.39, 0.29) is 12.9 Å². The van der Waals surface area contributed by atoms with Gasteiger partial charge in [0.25, 0.3) is 0 Å². The molecule has 0 bridgehead atoms. The van der Waals surface area contributed by atoms with Crippen molar-refractivity contribution in [1.29, 1.82) is 0 Å². The van der Waals surface area contributed by atoms with E-state index >= 15 is 0 Å². The van der Waals surface area contributed by atoms with Gasteiger partial charge in [-0.25, -0.2) is 0 Å². The summed E-state index contributed by atoms with van der Waals surface area (Å²) in [7, 11) is 1.36. The van der Waals surface area contributed by atoms with Gasteiger partial charge in [-0.2, -0.15) is 0 Å². The highest BCUT2D eigenvalue weighted by atomic mass is 16.5. The Labute approximate surface area is 41.3 Å². The van der Waals surface area contributed by atoms with Gasteiger partial charge in [0.15, 0.2) is 6.29 Å². The second-order valence-electron chi connectivity index (χ2n) is 1.02. The summed E-state index contributed by atoms with van der Waals surface area (Å²) in [5.41, 5.74) is 0. The van der Waals surface area contributed by atoms with Crippen molar-refractivity contribution in [3.8, 4) is 0 Å². The first-order chi connectivity index (χ1) is 3.31. The van der Waals surface area contributed by atoms with E-state index in [0.29, 0.717) is 0 Å². The maximum Gasteiger partial charge on any atom is 0.220 e. The molecule has 0 aliphatic heterocycles. The number of methoxy groups -OCH3 is 1. The Morgan fingerprint density at radius 2 is 2.43 bits per heavy atom. The zero-order valence-corrected chi connectivity index (χ0v) is 4.01. The van der Waals surface area contributed by atoms with Gasteiger partial charge in [0.2, 0.25) is 5.78 Å². The van der Waals surface area contributed by atoms with Crippen LogP contribution in [0.3, 0.4) is 0 Å². The Morgan fingerprint density at radius 1 is 1.86 bits per heavy atom. The molecule has 0 rings (SSSR count). The quantitative estimate of drug-likeness (QED) is 0.353. The van der Waals surface area contributed by atoms with E-state index in [1.807, 2.05) is 0 Å². The summed E-state index contributed by atoms with van der Waals surface area (Å²) < 4.78 is 4.31. The molecule has 0 aromatic carbocycles. The standard InChI is InChI=1S/C4H6O3/c1-7-3-4(6)2-5/h2H,3H2,1H3. The fraction of sp³-hybridized carbons (Fsp3) is 0.500. The van der Waals surface area contributed by atoms with Gasteiger partial charge in [0.05, 0.1) is 0 Å². The SMILES string of the molecule is COCC(=O)C=O. The molecular weight excluding hydrogens is 96.0 g/mol. The number of ketones is 1. The van der Waals surface area contributed by atoms with Crippen LogP contribution in [0.15, 0.2) is 0 Å². The Hall–Kier alpha value is -0.700. The van der Waals surface area contributed by atoms with Crippen LogP contribution in [0, 0.1) is 0 Å². The van der Waals surface area contributed by atoms with E-state index in [1.54, 1.807) is 0 Å². The van der Waals surface area contributed by atoms with E-state index < -0.39 is 5.78 Å². The smallest absolute Gasteiger partial charge is 0.220 e. The van der Waals surface area contributed by atoms with Crippen LogP contribution in [0.25, 0.3) is 0 Å². The van der Waals surface area contributed by atoms with Gasteiger partial charge in [-0.3, -0.25) is 9.59 Å². The number of hydrogen-bond acceptors (Lipinski definition) is 3. The highest BCUT2D eigenvalue weighted by Crippen LogP contribution is 1.64. The van der Waals surface area contributed by atoms with Gasteiger partial charge in [-0.15, -0.1) is 0 Å². The molecule has 40 valence electrons. The summed E-state index contributed by atoms with van der Waals surface area (Å²) in [5, 5.41) is 0. The van der Waals surface area contributed by atoms with Crippen molar-refractivity contribution in [3.05, 3.63) is 0 Å². The van der Waals surface area contributed by atoms with Crippen LogP contribution in [-0.4, -0.2) is 25.8 Å². The lowest BCUT2D eigenvalue weighted by molar-refractivity contribution is -0.132. The fourth-order valence-corrected chi connectivity index (χ4v) is 0.176. The average molecular weight is 102 g/mol. The number of aldehydes is 1. The summed E-state index contributed by atoms with van der Waals surface area (Å²) in [4.78, 5) is 19.4. The summed E-state index contributed by atoms with van der Waals surface area (Å²) in [6.07, 6.45) is 0.240. The lowest BCUT2D eigenvalue weighted by Gasteiger charge is -1.84. The largest absolute Gasteiger partial charge is 0.376 e. The molecule has 7 heavy (non-hydrogen) atoms. The number of carbonyl (C=O) groups excluding carboxylic acids is 2. The van der Waals surface area contributed by atoms with Gasteiger partial charge in [0.1, 0.15) is 6.61 Å². The summed E-state index contributed by atoms with van der Waals surface area (Å²) in [5.74, 6) is -0.525. The minimum absolute atomic E-state index is 0.108. The van der Waals surface area contributed by atoms with Gasteiger partial charge in [-0.05, 0) is 0 Å². The molecule has 0 radical (unpaired) electrons. The van der Waals surface area contributed by atoms with Gasteiger partial charge in [0, 0.05) is 7.11 Å². The molecule has 0 amide bonds. The third-order valence-corrected chi connectivity index (χ3v) is 0.418. The molecule has 3 heteroatoms. The van der Waals surface area contributed by atoms with Crippen LogP contribution >= 0.6 is 0 Å². The summed E-state index contributed by atoms with van der Waals surface area (Å²) in [6, 6.07) is 0. The van der Waals surface area contributed by atoms with Crippen molar-refractivity contribution in [2.75, 3.05) is 13.7 Å². The van der Waals surface area contributed by atoms with E-state index in [2.05, 4.69) is 4.74 Å². The first-order valence-electron chi connectivity index (χ1n) is 1.78. The minimum atomic E-state index is -0.525. The molecule has 0 aliphatic rings. The molecule has 0 fully saturated rings. The van der Waals surface area contributed by atoms with Crippen molar-refractivity contribution in [2.24, 2.45) is 0 Å². The highest BCUT2D eigenvalue weighted by molar-refractivity contribution is 6.25. The van der Waals surface area contributed by atoms with E-state index in [9.17, 15) is 9.59 Å². The van der Waals surface area contributed by atoms with E-state index in [0.717, 1.165) is 0 Å². The number of hydrogen-bond donors (Lipinski definition) is 0. The zero-order valence-electron chi connectivity index (χ0n) is 4.01. The molecular formula is C4H6O3. The zero-order chi connectivity index (χ0) is 5.70. The minimum Gasteiger partial charge on any atom is -0.376 e. The van der Waals surface area contributed by atoms with Crippen molar-refractivity contribution in [2.45, 2.75) is 0 Å². The number of ether oxygens (including phenoxy) is 1. The Morgan fingerprint density at radius 3 is 2.57 bits per heavy atom. The molecule has 0 aliphatic carbocycles. The van der Waals surface area contributed by atoms with Gasteiger partial charge in [-0.1, -0.05) is 0 Å². The van der Waals surface area contributed by atoms with Crippen molar-refractivity contribution >= 4 is 12.1 Å². The predicted octanol–water partition coefficient (Wildman–Crippen LogP) is -0.599. The first-order valence-corrected chi connectivity index (χ1v) is 1.78. The lowest BCUT2D eigenvalue weighted by atomic mass is 10.5. The van der Waals surface area contributed by atoms with Gasteiger partial charge < -0.3 is 4.74 Å². The van der Waals surface area contributed by atoms with Crippen LogP contribution in [0.4, 0.5) is 0 Å². The molecule has 0 aromatic rings. The summed E-state index contributed by atoms with van der Waals surface area (Å²) in [6.45, 7) is -0.108. The second kappa shape index (κ2) is 3.49. The monoisotopic (exact) mass is 102 g/mol. The number of Topliss-reactive ketones (excluding diaryl/α,β-unsaturated/α-hetero) is 1. The highest BCUT2D eigenvalue weighted by Gasteiger charge is 1.92. The second-order valence-corrected chi connectivity index (χ2v) is 1.02. The third-order valence-electron chi connectivity index (χ3n) is 0.418. The Balaban J connectivity index is 3.17. The summed E-state index contributed by atoms with van der Waals surface area (Å²) >= 11 is 0. The maximum absolute atomic E-state index is 9.92. The fourth-order valence-electron chi connectivity index (χ4n) is 0.176. The van der Waals surface area contributed by atoms with Crippen molar-refractivity contribution < 1.29 is 14.3 Å². The van der Waals surface area contributed by atoms with Crippen LogP contribution in [0.5, 0.6) is 0 Å². The van der Waals surface area contributed by atoms with Crippen LogP contribution in [0.2, 0.25) is 0 Å². The molecule has 0 unspecified atom stereocenters. The molecule has 0 heterocycles. The normalized spacial score (nSPS) is 8.14. The Bertz CT molecular complexity index is 77.0. The first kappa shape index (κ1) is 6.30. The van der Waals surface area contributed by atoms with Crippen LogP contribution in [-0.2, 0) is 14.3 Å². The molecule has 3 nitrogen and oxygen atoms in total. The molecule has 0 aromatic heterocycles.